The minimum Gasteiger partial charge on any atom is -0.312 e. The summed E-state index contributed by atoms with van der Waals surface area (Å²) in [5.41, 5.74) is 9.76. The molecule has 1 heterocycles. The molecule has 0 aromatic heterocycles. The van der Waals surface area contributed by atoms with Crippen molar-refractivity contribution in [1.82, 2.24) is 10.9 Å². The molecule has 0 fully saturated rings. The van der Waals surface area contributed by atoms with Crippen molar-refractivity contribution in [3.63, 3.8) is 0 Å². The van der Waals surface area contributed by atoms with Gasteiger partial charge in [-0.2, -0.15) is 5.26 Å². The van der Waals surface area contributed by atoms with E-state index in [1.165, 1.54) is 5.56 Å². The molecule has 0 saturated carbocycles. The van der Waals surface area contributed by atoms with Gasteiger partial charge in [0, 0.05) is 12.1 Å². The first-order chi connectivity index (χ1) is 6.81. The monoisotopic (exact) mass is 185 g/mol. The molecule has 0 saturated heterocycles. The molecule has 1 aliphatic rings. The van der Waals surface area contributed by atoms with Crippen LogP contribution in [0.2, 0.25) is 0 Å². The minimum atomic E-state index is 0.621. The number of hydrazine groups is 1. The Morgan fingerprint density at radius 2 is 2.29 bits per heavy atom. The van der Waals surface area contributed by atoms with Gasteiger partial charge in [-0.15, -0.1) is 0 Å². The number of benzene rings is 1. The van der Waals surface area contributed by atoms with Gasteiger partial charge >= 0.3 is 0 Å². The lowest BCUT2D eigenvalue weighted by Gasteiger charge is -2.01. The van der Waals surface area contributed by atoms with Crippen LogP contribution in [-0.4, -0.2) is 6.54 Å². The van der Waals surface area contributed by atoms with Crippen molar-refractivity contribution in [3.05, 3.63) is 41.1 Å². The molecule has 0 spiro atoms. The third-order valence-electron chi connectivity index (χ3n) is 2.26. The van der Waals surface area contributed by atoms with Crippen molar-refractivity contribution in [3.8, 4) is 6.07 Å². The van der Waals surface area contributed by atoms with Gasteiger partial charge in [0.05, 0.1) is 0 Å². The number of nitrogens with one attached hydrogen (secondary N) is 2. The van der Waals surface area contributed by atoms with Crippen LogP contribution < -0.4 is 10.9 Å². The molecule has 0 radical (unpaired) electrons. The number of nitriles is 1. The molecule has 0 bridgehead atoms. The predicted octanol–water partition coefficient (Wildman–Crippen LogP) is 1.34. The normalized spacial score (nSPS) is 15.1. The maximum atomic E-state index is 8.86. The van der Waals surface area contributed by atoms with Crippen molar-refractivity contribution in [2.75, 3.05) is 6.54 Å². The molecule has 14 heavy (non-hydrogen) atoms. The van der Waals surface area contributed by atoms with Gasteiger partial charge in [-0.3, -0.25) is 0 Å². The lowest BCUT2D eigenvalue weighted by Crippen LogP contribution is -2.23. The van der Waals surface area contributed by atoms with E-state index in [-0.39, 0.29) is 0 Å². The van der Waals surface area contributed by atoms with Crippen molar-refractivity contribution >= 4 is 5.57 Å². The first kappa shape index (κ1) is 8.79. The Bertz CT molecular complexity index is 426. The Morgan fingerprint density at radius 3 is 3.00 bits per heavy atom. The second-order valence-electron chi connectivity index (χ2n) is 3.31. The van der Waals surface area contributed by atoms with Crippen LogP contribution in [0.1, 0.15) is 11.1 Å². The molecule has 0 atom stereocenters. The first-order valence-electron chi connectivity index (χ1n) is 4.50. The number of aryl methyl sites for hydroxylation is 1. The van der Waals surface area contributed by atoms with Crippen LogP contribution in [0.3, 0.4) is 0 Å². The van der Waals surface area contributed by atoms with Crippen LogP contribution in [0, 0.1) is 18.3 Å². The number of rotatable bonds is 1. The summed E-state index contributed by atoms with van der Waals surface area (Å²) in [4.78, 5) is 0. The quantitative estimate of drug-likeness (QED) is 0.694. The molecule has 0 aliphatic carbocycles. The average Bonchev–Trinajstić information content (AvgIpc) is 2.65. The Kier molecular flexibility index (Phi) is 2.21. The van der Waals surface area contributed by atoms with E-state index in [0.717, 1.165) is 11.1 Å². The summed E-state index contributed by atoms with van der Waals surface area (Å²) in [6.45, 7) is 2.75. The zero-order valence-electron chi connectivity index (χ0n) is 7.96. The van der Waals surface area contributed by atoms with Gasteiger partial charge in [0.2, 0.25) is 0 Å². The zero-order valence-corrected chi connectivity index (χ0v) is 7.96. The predicted molar refractivity (Wildman–Crippen MR) is 54.9 cm³/mol. The summed E-state index contributed by atoms with van der Waals surface area (Å²) in [5.74, 6) is 0. The van der Waals surface area contributed by atoms with Crippen LogP contribution in [0.5, 0.6) is 0 Å². The fourth-order valence-corrected chi connectivity index (χ4v) is 1.56. The second kappa shape index (κ2) is 3.52. The molecule has 3 heteroatoms. The van der Waals surface area contributed by atoms with Crippen molar-refractivity contribution in [2.24, 2.45) is 0 Å². The van der Waals surface area contributed by atoms with Crippen LogP contribution in [0.4, 0.5) is 0 Å². The van der Waals surface area contributed by atoms with E-state index < -0.39 is 0 Å². The van der Waals surface area contributed by atoms with E-state index in [4.69, 9.17) is 5.26 Å². The number of hydrogen-bond donors (Lipinski definition) is 2. The summed E-state index contributed by atoms with van der Waals surface area (Å²) in [6, 6.07) is 10.3. The standard InChI is InChI=1S/C11H11N3/c1-8-3-2-4-9(5-8)10-7-13-14-11(10)6-12/h2-5,13-14H,7H2,1H3. The van der Waals surface area contributed by atoms with E-state index in [1.54, 1.807) is 0 Å². The Morgan fingerprint density at radius 1 is 1.43 bits per heavy atom. The highest BCUT2D eigenvalue weighted by Crippen LogP contribution is 2.19. The van der Waals surface area contributed by atoms with Gasteiger partial charge in [-0.1, -0.05) is 29.8 Å². The van der Waals surface area contributed by atoms with Gasteiger partial charge in [-0.25, -0.2) is 5.43 Å². The molecule has 2 rings (SSSR count). The minimum absolute atomic E-state index is 0.621. The Labute approximate surface area is 83.0 Å². The molecular weight excluding hydrogens is 174 g/mol. The summed E-state index contributed by atoms with van der Waals surface area (Å²) in [6.07, 6.45) is 0. The summed E-state index contributed by atoms with van der Waals surface area (Å²) >= 11 is 0. The number of allylic oxidation sites excluding steroid dienone is 1. The molecule has 1 aliphatic heterocycles. The van der Waals surface area contributed by atoms with E-state index in [9.17, 15) is 0 Å². The smallest absolute Gasteiger partial charge is 0.132 e. The molecule has 3 nitrogen and oxygen atoms in total. The number of nitrogens with zero attached hydrogens (tertiary/aromatic N) is 1. The maximum Gasteiger partial charge on any atom is 0.132 e. The van der Waals surface area contributed by atoms with E-state index in [1.807, 2.05) is 25.1 Å². The highest BCUT2D eigenvalue weighted by atomic mass is 15.4. The second-order valence-corrected chi connectivity index (χ2v) is 3.31. The van der Waals surface area contributed by atoms with Crippen molar-refractivity contribution < 1.29 is 0 Å². The fraction of sp³-hybridized carbons (Fsp3) is 0.182. The molecule has 1 aromatic rings. The van der Waals surface area contributed by atoms with Crippen LogP contribution in [-0.2, 0) is 0 Å². The first-order valence-corrected chi connectivity index (χ1v) is 4.50. The molecule has 1 aromatic carbocycles. The lowest BCUT2D eigenvalue weighted by atomic mass is 10.0. The van der Waals surface area contributed by atoms with Crippen LogP contribution in [0.25, 0.3) is 5.57 Å². The summed E-state index contributed by atoms with van der Waals surface area (Å²) < 4.78 is 0. The van der Waals surface area contributed by atoms with Crippen LogP contribution in [0.15, 0.2) is 30.0 Å². The van der Waals surface area contributed by atoms with Gasteiger partial charge in [-0.05, 0) is 12.5 Å². The third kappa shape index (κ3) is 1.48. The highest BCUT2D eigenvalue weighted by molar-refractivity contribution is 5.74. The molecule has 0 unspecified atom stereocenters. The molecular formula is C11H11N3. The van der Waals surface area contributed by atoms with Gasteiger partial charge in [0.1, 0.15) is 11.8 Å². The molecule has 2 N–H and O–H groups in total. The Balaban J connectivity index is 2.45. The molecule has 70 valence electrons. The third-order valence-corrected chi connectivity index (χ3v) is 2.26. The van der Waals surface area contributed by atoms with Crippen molar-refractivity contribution in [2.45, 2.75) is 6.92 Å². The fourth-order valence-electron chi connectivity index (χ4n) is 1.56. The SMILES string of the molecule is Cc1cccc(C2=C(C#N)NNC2)c1. The summed E-state index contributed by atoms with van der Waals surface area (Å²) in [5, 5.41) is 8.86. The van der Waals surface area contributed by atoms with Gasteiger partial charge in [0.15, 0.2) is 0 Å². The van der Waals surface area contributed by atoms with E-state index >= 15 is 0 Å². The maximum absolute atomic E-state index is 8.86. The lowest BCUT2D eigenvalue weighted by molar-refractivity contribution is 0.713. The number of hydrogen-bond acceptors (Lipinski definition) is 3. The highest BCUT2D eigenvalue weighted by Gasteiger charge is 2.14. The average molecular weight is 185 g/mol. The van der Waals surface area contributed by atoms with E-state index in [0.29, 0.717) is 12.2 Å². The zero-order chi connectivity index (χ0) is 9.97. The Hall–Kier alpha value is -1.79. The van der Waals surface area contributed by atoms with Gasteiger partial charge < -0.3 is 5.43 Å². The van der Waals surface area contributed by atoms with Crippen molar-refractivity contribution in [1.29, 1.82) is 5.26 Å². The summed E-state index contributed by atoms with van der Waals surface area (Å²) in [7, 11) is 0. The van der Waals surface area contributed by atoms with E-state index in [2.05, 4.69) is 23.0 Å². The van der Waals surface area contributed by atoms with Crippen LogP contribution >= 0.6 is 0 Å². The topological polar surface area (TPSA) is 47.9 Å². The largest absolute Gasteiger partial charge is 0.312 e. The molecule has 0 amide bonds. The van der Waals surface area contributed by atoms with Gasteiger partial charge in [0.25, 0.3) is 0 Å².